The minimum absolute atomic E-state index is 0.0983. The zero-order chi connectivity index (χ0) is 26.9. The van der Waals surface area contributed by atoms with E-state index in [1.165, 1.54) is 44.1 Å². The second-order valence-electron chi connectivity index (χ2n) is 14.0. The van der Waals surface area contributed by atoms with Gasteiger partial charge in [0.05, 0.1) is 16.8 Å². The van der Waals surface area contributed by atoms with Crippen LogP contribution in [0.25, 0.3) is 22.2 Å². The molecule has 5 aliphatic rings. The molecular weight excluding hydrogens is 546 g/mol. The van der Waals surface area contributed by atoms with E-state index in [0.717, 1.165) is 76.1 Å². The number of piperazine rings is 1. The molecule has 2 aromatic carbocycles. The summed E-state index contributed by atoms with van der Waals surface area (Å²) >= 11 is 3.63. The molecule has 1 aliphatic heterocycles. The van der Waals surface area contributed by atoms with E-state index in [1.54, 1.807) is 0 Å². The molecule has 5 heteroatoms. The second kappa shape index (κ2) is 9.41. The molecule has 0 unspecified atom stereocenters. The maximum Gasteiger partial charge on any atom is 0.254 e. The van der Waals surface area contributed by atoms with Crippen LogP contribution in [0.2, 0.25) is 0 Å². The Morgan fingerprint density at radius 1 is 0.872 bits per heavy atom. The highest BCUT2D eigenvalue weighted by molar-refractivity contribution is 9.10. The van der Waals surface area contributed by atoms with E-state index < -0.39 is 0 Å². The van der Waals surface area contributed by atoms with E-state index >= 15 is 0 Å². The summed E-state index contributed by atoms with van der Waals surface area (Å²) in [6.07, 6.45) is 8.62. The number of hydrogen-bond donors (Lipinski definition) is 0. The number of hydrogen-bond acceptors (Lipinski definition) is 3. The van der Waals surface area contributed by atoms with Crippen molar-refractivity contribution in [3.8, 4) is 11.3 Å². The first-order chi connectivity index (χ1) is 18.7. The fraction of sp³-hybridized carbons (Fsp3) is 0.529. The number of rotatable bonds is 3. The minimum atomic E-state index is 0.0983. The second-order valence-corrected chi connectivity index (χ2v) is 14.9. The van der Waals surface area contributed by atoms with Crippen molar-refractivity contribution in [2.45, 2.75) is 70.3 Å². The smallest absolute Gasteiger partial charge is 0.254 e. The van der Waals surface area contributed by atoms with E-state index in [2.05, 4.69) is 70.8 Å². The zero-order valence-corrected chi connectivity index (χ0v) is 25.1. The first kappa shape index (κ1) is 25.7. The number of amides is 1. The third kappa shape index (κ3) is 4.64. The number of benzene rings is 2. The molecular formula is C34H40BrN3O. The molecule has 204 valence electrons. The first-order valence-electron chi connectivity index (χ1n) is 14.9. The normalized spacial score (nSPS) is 28.8. The summed E-state index contributed by atoms with van der Waals surface area (Å²) in [6, 6.07) is 16.8. The van der Waals surface area contributed by atoms with Gasteiger partial charge in [-0.1, -0.05) is 61.0 Å². The molecule has 5 fully saturated rings. The molecule has 0 N–H and O–H groups in total. The van der Waals surface area contributed by atoms with E-state index in [0.29, 0.717) is 5.54 Å². The molecule has 4 saturated carbocycles. The maximum absolute atomic E-state index is 14.1. The molecule has 0 radical (unpaired) electrons. The van der Waals surface area contributed by atoms with Gasteiger partial charge in [-0.25, -0.2) is 4.98 Å². The predicted molar refractivity (Wildman–Crippen MR) is 162 cm³/mol. The molecule has 1 aromatic heterocycles. The maximum atomic E-state index is 14.1. The van der Waals surface area contributed by atoms with Crippen molar-refractivity contribution in [1.82, 2.24) is 14.8 Å². The number of fused-ring (bicyclic) bond motifs is 1. The monoisotopic (exact) mass is 585 g/mol. The Morgan fingerprint density at radius 3 is 2.08 bits per heavy atom. The van der Waals surface area contributed by atoms with Crippen molar-refractivity contribution in [2.75, 3.05) is 26.2 Å². The van der Waals surface area contributed by atoms with Crippen LogP contribution in [-0.4, -0.2) is 52.4 Å². The molecule has 2 heterocycles. The van der Waals surface area contributed by atoms with Gasteiger partial charge in [0.25, 0.3) is 5.91 Å². The topological polar surface area (TPSA) is 36.4 Å². The number of pyridine rings is 1. The number of halogens is 1. The van der Waals surface area contributed by atoms with Crippen LogP contribution in [0.15, 0.2) is 53.0 Å². The van der Waals surface area contributed by atoms with Gasteiger partial charge in [0.15, 0.2) is 0 Å². The molecule has 3 aromatic rings. The lowest BCUT2D eigenvalue weighted by Crippen LogP contribution is -2.64. The average molecular weight is 587 g/mol. The molecule has 1 amide bonds. The lowest BCUT2D eigenvalue weighted by atomic mass is 9.52. The van der Waals surface area contributed by atoms with Crippen LogP contribution in [-0.2, 0) is 5.41 Å². The number of nitrogens with zero attached hydrogens (tertiary/aromatic N) is 3. The van der Waals surface area contributed by atoms with Crippen molar-refractivity contribution >= 4 is 32.7 Å². The van der Waals surface area contributed by atoms with Gasteiger partial charge in [0.2, 0.25) is 0 Å². The summed E-state index contributed by atoms with van der Waals surface area (Å²) in [5.41, 5.74) is 5.36. The summed E-state index contributed by atoms with van der Waals surface area (Å²) in [6.45, 7) is 10.3. The molecule has 0 atom stereocenters. The highest BCUT2D eigenvalue weighted by Gasteiger charge is 2.53. The third-order valence-corrected chi connectivity index (χ3v) is 10.8. The van der Waals surface area contributed by atoms with Crippen molar-refractivity contribution in [1.29, 1.82) is 0 Å². The van der Waals surface area contributed by atoms with Gasteiger partial charge in [0, 0.05) is 47.1 Å². The summed E-state index contributed by atoms with van der Waals surface area (Å²) in [5.74, 6) is 2.99. The Labute approximate surface area is 241 Å². The fourth-order valence-corrected chi connectivity index (χ4v) is 9.03. The van der Waals surface area contributed by atoms with E-state index in [-0.39, 0.29) is 11.3 Å². The van der Waals surface area contributed by atoms with Crippen molar-refractivity contribution in [2.24, 2.45) is 17.8 Å². The first-order valence-corrected chi connectivity index (χ1v) is 15.7. The lowest BCUT2D eigenvalue weighted by molar-refractivity contribution is -0.0987. The molecule has 4 nitrogen and oxygen atoms in total. The van der Waals surface area contributed by atoms with Crippen LogP contribution >= 0.6 is 15.9 Å². The van der Waals surface area contributed by atoms with Gasteiger partial charge in [-0.15, -0.1) is 0 Å². The standard InChI is InChI=1S/C34H40BrN3O/c1-33(2,3)26-6-4-25(5-7-26)31-18-29(28-17-27(35)8-9-30(28)36-31)32(39)37-10-12-38(13-11-37)34-19-22-14-23(20-34)16-24(15-22)21-34/h4-9,17-18,22-24H,10-16,19-21H2,1-3H3. The molecule has 0 spiro atoms. The highest BCUT2D eigenvalue weighted by atomic mass is 79.9. The van der Waals surface area contributed by atoms with Crippen LogP contribution in [0.5, 0.6) is 0 Å². The average Bonchev–Trinajstić information content (AvgIpc) is 2.91. The predicted octanol–water partition coefficient (Wildman–Crippen LogP) is 7.69. The SMILES string of the molecule is CC(C)(C)c1ccc(-c2cc(C(=O)N3CCN(C45CC6CC(CC(C6)C4)C5)CC3)c3cc(Br)ccc3n2)cc1. The zero-order valence-electron chi connectivity index (χ0n) is 23.5. The fourth-order valence-electron chi connectivity index (χ4n) is 8.67. The number of carbonyl (C=O) groups is 1. The van der Waals surface area contributed by atoms with Gasteiger partial charge < -0.3 is 4.90 Å². The molecule has 8 rings (SSSR count). The van der Waals surface area contributed by atoms with E-state index in [1.807, 2.05) is 24.3 Å². The lowest BCUT2D eigenvalue weighted by Gasteiger charge is -2.61. The molecule has 4 aliphatic carbocycles. The largest absolute Gasteiger partial charge is 0.336 e. The summed E-state index contributed by atoms with van der Waals surface area (Å²) < 4.78 is 0.972. The van der Waals surface area contributed by atoms with Crippen LogP contribution in [0.1, 0.15) is 75.2 Å². The van der Waals surface area contributed by atoms with Crippen LogP contribution < -0.4 is 0 Å². The Bertz CT molecular complexity index is 1380. The number of carbonyl (C=O) groups excluding carboxylic acids is 1. The van der Waals surface area contributed by atoms with Crippen LogP contribution in [0, 0.1) is 17.8 Å². The van der Waals surface area contributed by atoms with Crippen molar-refractivity contribution < 1.29 is 4.79 Å². The Hall–Kier alpha value is -2.24. The highest BCUT2D eigenvalue weighted by Crippen LogP contribution is 2.57. The van der Waals surface area contributed by atoms with Gasteiger partial charge in [0.1, 0.15) is 0 Å². The Balaban J connectivity index is 1.16. The van der Waals surface area contributed by atoms with Crippen LogP contribution in [0.4, 0.5) is 0 Å². The summed E-state index contributed by atoms with van der Waals surface area (Å²) in [5, 5.41) is 0.924. The quantitative estimate of drug-likeness (QED) is 0.316. The van der Waals surface area contributed by atoms with Gasteiger partial charge in [-0.3, -0.25) is 9.69 Å². The van der Waals surface area contributed by atoms with E-state index in [4.69, 9.17) is 4.98 Å². The van der Waals surface area contributed by atoms with Gasteiger partial charge in [-0.2, -0.15) is 0 Å². The van der Waals surface area contributed by atoms with E-state index in [9.17, 15) is 4.79 Å². The molecule has 39 heavy (non-hydrogen) atoms. The van der Waals surface area contributed by atoms with Crippen LogP contribution in [0.3, 0.4) is 0 Å². The minimum Gasteiger partial charge on any atom is -0.336 e. The Kier molecular flexibility index (Phi) is 6.20. The van der Waals surface area contributed by atoms with Crippen molar-refractivity contribution in [3.05, 3.63) is 64.1 Å². The summed E-state index contributed by atoms with van der Waals surface area (Å²) in [7, 11) is 0. The molecule has 4 bridgehead atoms. The Morgan fingerprint density at radius 2 is 1.49 bits per heavy atom. The number of aromatic nitrogens is 1. The van der Waals surface area contributed by atoms with Gasteiger partial charge in [-0.05, 0) is 91.5 Å². The third-order valence-electron chi connectivity index (χ3n) is 10.3. The van der Waals surface area contributed by atoms with Gasteiger partial charge >= 0.3 is 0 Å². The van der Waals surface area contributed by atoms with Crippen molar-refractivity contribution in [3.63, 3.8) is 0 Å². The summed E-state index contributed by atoms with van der Waals surface area (Å²) in [4.78, 5) is 24.0. The molecule has 1 saturated heterocycles.